The van der Waals surface area contributed by atoms with Gasteiger partial charge in [-0.1, -0.05) is 29.8 Å². The minimum Gasteiger partial charge on any atom is -0.507 e. The van der Waals surface area contributed by atoms with Gasteiger partial charge >= 0.3 is 0 Å². The number of aromatic hydroxyl groups is 1. The Morgan fingerprint density at radius 1 is 0.947 bits per heavy atom. The third-order valence-corrected chi connectivity index (χ3v) is 3.07. The van der Waals surface area contributed by atoms with Gasteiger partial charge in [-0.25, -0.2) is 4.68 Å². The largest absolute Gasteiger partial charge is 0.507 e. The van der Waals surface area contributed by atoms with Crippen molar-refractivity contribution < 1.29 is 5.11 Å². The summed E-state index contributed by atoms with van der Waals surface area (Å²) in [6, 6.07) is 17.3. The molecule has 0 aliphatic heterocycles. The van der Waals surface area contributed by atoms with E-state index in [0.717, 1.165) is 16.9 Å². The fraction of sp³-hybridized carbons (Fsp3) is 0.0625. The molecule has 0 aliphatic rings. The van der Waals surface area contributed by atoms with E-state index < -0.39 is 0 Å². The Morgan fingerprint density at radius 2 is 1.68 bits per heavy atom. The van der Waals surface area contributed by atoms with Crippen molar-refractivity contribution in [3.63, 3.8) is 0 Å². The second kappa shape index (κ2) is 4.61. The predicted molar refractivity (Wildman–Crippen MR) is 75.4 cm³/mol. The number of para-hydroxylation sites is 1. The Hall–Kier alpha value is -2.55. The molecule has 0 radical (unpaired) electrons. The lowest BCUT2D eigenvalue weighted by Gasteiger charge is -2.02. The van der Waals surface area contributed by atoms with Crippen LogP contribution in [0.2, 0.25) is 0 Å². The predicted octanol–water partition coefficient (Wildman–Crippen LogP) is 3.55. The van der Waals surface area contributed by atoms with Crippen molar-refractivity contribution >= 4 is 0 Å². The Labute approximate surface area is 111 Å². The molecule has 3 heteroatoms. The van der Waals surface area contributed by atoms with Crippen molar-refractivity contribution in [2.45, 2.75) is 6.92 Å². The number of phenolic OH excluding ortho intramolecular Hbond substituents is 1. The van der Waals surface area contributed by atoms with Gasteiger partial charge in [0.1, 0.15) is 5.75 Å². The zero-order chi connectivity index (χ0) is 13.2. The van der Waals surface area contributed by atoms with Crippen molar-refractivity contribution in [1.29, 1.82) is 0 Å². The van der Waals surface area contributed by atoms with Gasteiger partial charge in [0.05, 0.1) is 11.4 Å². The van der Waals surface area contributed by atoms with Crippen LogP contribution >= 0.6 is 0 Å². The van der Waals surface area contributed by atoms with Crippen LogP contribution in [0.25, 0.3) is 16.9 Å². The highest BCUT2D eigenvalue weighted by Crippen LogP contribution is 2.27. The highest BCUT2D eigenvalue weighted by molar-refractivity contribution is 5.66. The topological polar surface area (TPSA) is 38.0 Å². The SMILES string of the molecule is Cc1ccc(-n2ccc(-c3ccccc3O)n2)cc1. The maximum absolute atomic E-state index is 9.83. The molecular formula is C16H14N2O. The average molecular weight is 250 g/mol. The second-order valence-electron chi connectivity index (χ2n) is 4.50. The molecule has 3 nitrogen and oxygen atoms in total. The van der Waals surface area contributed by atoms with E-state index >= 15 is 0 Å². The summed E-state index contributed by atoms with van der Waals surface area (Å²) in [7, 11) is 0. The lowest BCUT2D eigenvalue weighted by Crippen LogP contribution is -1.94. The molecule has 0 unspecified atom stereocenters. The number of nitrogens with zero attached hydrogens (tertiary/aromatic N) is 2. The minimum atomic E-state index is 0.247. The maximum atomic E-state index is 9.83. The van der Waals surface area contributed by atoms with Crippen LogP contribution in [0.1, 0.15) is 5.56 Å². The first-order valence-corrected chi connectivity index (χ1v) is 6.15. The second-order valence-corrected chi connectivity index (χ2v) is 4.50. The van der Waals surface area contributed by atoms with Gasteiger partial charge in [0.2, 0.25) is 0 Å². The smallest absolute Gasteiger partial charge is 0.125 e. The molecule has 1 N–H and O–H groups in total. The molecule has 0 amide bonds. The number of aryl methyl sites for hydroxylation is 1. The van der Waals surface area contributed by atoms with Gasteiger partial charge in [0.25, 0.3) is 0 Å². The summed E-state index contributed by atoms with van der Waals surface area (Å²) in [4.78, 5) is 0. The fourth-order valence-electron chi connectivity index (χ4n) is 2.00. The van der Waals surface area contributed by atoms with E-state index in [2.05, 4.69) is 24.2 Å². The average Bonchev–Trinajstić information content (AvgIpc) is 2.89. The first kappa shape index (κ1) is 11.5. The maximum Gasteiger partial charge on any atom is 0.125 e. The number of hydrogen-bond donors (Lipinski definition) is 1. The highest BCUT2D eigenvalue weighted by atomic mass is 16.3. The van der Waals surface area contributed by atoms with Gasteiger partial charge in [0, 0.05) is 11.8 Å². The molecule has 2 aromatic carbocycles. The molecule has 19 heavy (non-hydrogen) atoms. The molecule has 0 aliphatic carbocycles. The van der Waals surface area contributed by atoms with E-state index in [0.29, 0.717) is 0 Å². The summed E-state index contributed by atoms with van der Waals surface area (Å²) >= 11 is 0. The first-order valence-electron chi connectivity index (χ1n) is 6.15. The van der Waals surface area contributed by atoms with Crippen molar-refractivity contribution in [3.05, 3.63) is 66.4 Å². The number of rotatable bonds is 2. The van der Waals surface area contributed by atoms with E-state index in [1.165, 1.54) is 5.56 Å². The van der Waals surface area contributed by atoms with Gasteiger partial charge in [-0.2, -0.15) is 5.10 Å². The Morgan fingerprint density at radius 3 is 2.42 bits per heavy atom. The summed E-state index contributed by atoms with van der Waals surface area (Å²) < 4.78 is 1.81. The van der Waals surface area contributed by atoms with E-state index in [-0.39, 0.29) is 5.75 Å². The van der Waals surface area contributed by atoms with E-state index in [1.54, 1.807) is 16.8 Å². The van der Waals surface area contributed by atoms with Gasteiger partial charge in [0.15, 0.2) is 0 Å². The summed E-state index contributed by atoms with van der Waals surface area (Å²) in [5.74, 6) is 0.247. The third-order valence-electron chi connectivity index (χ3n) is 3.07. The Bertz CT molecular complexity index is 699. The zero-order valence-electron chi connectivity index (χ0n) is 10.6. The Balaban J connectivity index is 2.00. The molecular weight excluding hydrogens is 236 g/mol. The van der Waals surface area contributed by atoms with Crippen LogP contribution in [-0.2, 0) is 0 Å². The number of benzene rings is 2. The van der Waals surface area contributed by atoms with Gasteiger partial charge in [-0.15, -0.1) is 0 Å². The standard InChI is InChI=1S/C16H14N2O/c1-12-6-8-13(9-7-12)18-11-10-15(17-18)14-4-2-3-5-16(14)19/h2-11,19H,1H3. The van der Waals surface area contributed by atoms with Crippen LogP contribution < -0.4 is 0 Å². The molecule has 94 valence electrons. The van der Waals surface area contributed by atoms with Crippen LogP contribution in [0, 0.1) is 6.92 Å². The quantitative estimate of drug-likeness (QED) is 0.755. The number of aromatic nitrogens is 2. The summed E-state index contributed by atoms with van der Waals surface area (Å²) in [5.41, 5.74) is 3.73. The van der Waals surface area contributed by atoms with Crippen molar-refractivity contribution in [2.24, 2.45) is 0 Å². The molecule has 0 saturated carbocycles. The molecule has 0 bridgehead atoms. The molecule has 1 aromatic heterocycles. The van der Waals surface area contributed by atoms with Crippen LogP contribution in [0.4, 0.5) is 0 Å². The van der Waals surface area contributed by atoms with Gasteiger partial charge in [-0.05, 0) is 37.3 Å². The first-order chi connectivity index (χ1) is 9.24. The molecule has 0 saturated heterocycles. The summed E-state index contributed by atoms with van der Waals surface area (Å²) in [6.45, 7) is 2.06. The monoisotopic (exact) mass is 250 g/mol. The summed E-state index contributed by atoms with van der Waals surface area (Å²) in [6.07, 6.45) is 1.90. The zero-order valence-corrected chi connectivity index (χ0v) is 10.6. The van der Waals surface area contributed by atoms with E-state index in [1.807, 2.05) is 36.5 Å². The Kier molecular flexibility index (Phi) is 2.80. The van der Waals surface area contributed by atoms with E-state index in [4.69, 9.17) is 0 Å². The lowest BCUT2D eigenvalue weighted by atomic mass is 10.1. The van der Waals surface area contributed by atoms with Crippen LogP contribution in [0.5, 0.6) is 5.75 Å². The number of hydrogen-bond acceptors (Lipinski definition) is 2. The molecule has 3 rings (SSSR count). The highest BCUT2D eigenvalue weighted by Gasteiger charge is 2.07. The molecule has 1 heterocycles. The van der Waals surface area contributed by atoms with Gasteiger partial charge in [-0.3, -0.25) is 0 Å². The third kappa shape index (κ3) is 2.22. The molecule has 0 fully saturated rings. The summed E-state index contributed by atoms with van der Waals surface area (Å²) in [5, 5.41) is 14.3. The number of phenols is 1. The van der Waals surface area contributed by atoms with Gasteiger partial charge < -0.3 is 5.11 Å². The molecule has 0 spiro atoms. The van der Waals surface area contributed by atoms with E-state index in [9.17, 15) is 5.11 Å². The molecule has 0 atom stereocenters. The fourth-order valence-corrected chi connectivity index (χ4v) is 2.00. The van der Waals surface area contributed by atoms with Crippen LogP contribution in [0.15, 0.2) is 60.8 Å². The van der Waals surface area contributed by atoms with Crippen molar-refractivity contribution in [1.82, 2.24) is 9.78 Å². The van der Waals surface area contributed by atoms with Crippen LogP contribution in [-0.4, -0.2) is 14.9 Å². The van der Waals surface area contributed by atoms with Crippen LogP contribution in [0.3, 0.4) is 0 Å². The minimum absolute atomic E-state index is 0.247. The van der Waals surface area contributed by atoms with Crippen molar-refractivity contribution in [2.75, 3.05) is 0 Å². The normalized spacial score (nSPS) is 10.6. The van der Waals surface area contributed by atoms with Crippen molar-refractivity contribution in [3.8, 4) is 22.7 Å². The molecule has 3 aromatic rings. The lowest BCUT2D eigenvalue weighted by molar-refractivity contribution is 0.477.